The number of hydrogen-bond donors (Lipinski definition) is 1. The molecule has 1 aliphatic rings. The first-order chi connectivity index (χ1) is 10.3. The molecule has 0 radical (unpaired) electrons. The molecule has 0 spiro atoms. The SMILES string of the molecule is Clc1nc(N2CCc3ccccc3CC2)c2cn[nH]c2n1. The summed E-state index contributed by atoms with van der Waals surface area (Å²) in [6, 6.07) is 8.62. The maximum atomic E-state index is 6.03. The number of aromatic amines is 1. The van der Waals surface area contributed by atoms with Gasteiger partial charge in [-0.3, -0.25) is 5.10 Å². The van der Waals surface area contributed by atoms with Gasteiger partial charge < -0.3 is 4.90 Å². The van der Waals surface area contributed by atoms with Gasteiger partial charge in [-0.1, -0.05) is 24.3 Å². The number of halogens is 1. The number of fused-ring (bicyclic) bond motifs is 2. The van der Waals surface area contributed by atoms with Crippen LogP contribution in [0.3, 0.4) is 0 Å². The normalized spacial score (nSPS) is 15.0. The standard InChI is InChI=1S/C15H14ClN5/c16-15-18-13-12(9-17-20-13)14(19-15)21-7-5-10-3-1-2-4-11(10)6-8-21/h1-4,9H,5-8H2,(H,17,18,19,20). The van der Waals surface area contributed by atoms with Crippen molar-refractivity contribution in [3.63, 3.8) is 0 Å². The van der Waals surface area contributed by atoms with Gasteiger partial charge in [-0.05, 0) is 35.6 Å². The quantitative estimate of drug-likeness (QED) is 0.702. The molecule has 1 aromatic carbocycles. The van der Waals surface area contributed by atoms with Crippen LogP contribution in [0.4, 0.5) is 5.82 Å². The van der Waals surface area contributed by atoms with Crippen molar-refractivity contribution in [1.82, 2.24) is 20.2 Å². The lowest BCUT2D eigenvalue weighted by molar-refractivity contribution is 0.793. The van der Waals surface area contributed by atoms with Crippen LogP contribution < -0.4 is 4.90 Å². The first-order valence-electron chi connectivity index (χ1n) is 6.99. The summed E-state index contributed by atoms with van der Waals surface area (Å²) in [5.74, 6) is 0.867. The third-order valence-corrected chi connectivity index (χ3v) is 4.15. The number of aromatic nitrogens is 4. The molecule has 106 valence electrons. The Hall–Kier alpha value is -2.14. The van der Waals surface area contributed by atoms with E-state index in [-0.39, 0.29) is 5.28 Å². The van der Waals surface area contributed by atoms with Crippen LogP contribution in [-0.4, -0.2) is 33.3 Å². The van der Waals surface area contributed by atoms with Crippen molar-refractivity contribution in [1.29, 1.82) is 0 Å². The second-order valence-electron chi connectivity index (χ2n) is 5.20. The van der Waals surface area contributed by atoms with Gasteiger partial charge in [0.05, 0.1) is 11.6 Å². The fourth-order valence-electron chi connectivity index (χ4n) is 2.91. The molecule has 3 aromatic rings. The Kier molecular flexibility index (Phi) is 3.00. The number of nitrogens with one attached hydrogen (secondary N) is 1. The van der Waals surface area contributed by atoms with Crippen molar-refractivity contribution >= 4 is 28.5 Å². The minimum Gasteiger partial charge on any atom is -0.355 e. The fraction of sp³-hybridized carbons (Fsp3) is 0.267. The number of anilines is 1. The summed E-state index contributed by atoms with van der Waals surface area (Å²) in [4.78, 5) is 10.9. The lowest BCUT2D eigenvalue weighted by Crippen LogP contribution is -2.27. The van der Waals surface area contributed by atoms with E-state index in [2.05, 4.69) is 49.3 Å². The molecule has 0 bridgehead atoms. The number of hydrogen-bond acceptors (Lipinski definition) is 4. The first kappa shape index (κ1) is 12.6. The lowest BCUT2D eigenvalue weighted by Gasteiger charge is -2.21. The first-order valence-corrected chi connectivity index (χ1v) is 7.37. The fourth-order valence-corrected chi connectivity index (χ4v) is 3.08. The van der Waals surface area contributed by atoms with Crippen LogP contribution in [0.25, 0.3) is 11.0 Å². The number of H-pyrrole nitrogens is 1. The molecule has 3 heterocycles. The number of rotatable bonds is 1. The Morgan fingerprint density at radius 3 is 2.48 bits per heavy atom. The maximum Gasteiger partial charge on any atom is 0.226 e. The van der Waals surface area contributed by atoms with Gasteiger partial charge in [0.15, 0.2) is 5.65 Å². The van der Waals surface area contributed by atoms with E-state index in [9.17, 15) is 0 Å². The zero-order valence-electron chi connectivity index (χ0n) is 11.4. The largest absolute Gasteiger partial charge is 0.355 e. The van der Waals surface area contributed by atoms with Gasteiger partial charge in [-0.25, -0.2) is 0 Å². The van der Waals surface area contributed by atoms with E-state index in [1.807, 2.05) is 0 Å². The Labute approximate surface area is 127 Å². The summed E-state index contributed by atoms with van der Waals surface area (Å²) in [5.41, 5.74) is 3.53. The zero-order valence-corrected chi connectivity index (χ0v) is 12.1. The van der Waals surface area contributed by atoms with Crippen LogP contribution in [0.2, 0.25) is 5.28 Å². The third-order valence-electron chi connectivity index (χ3n) is 3.98. The number of nitrogens with zero attached hydrogens (tertiary/aromatic N) is 4. The summed E-state index contributed by atoms with van der Waals surface area (Å²) < 4.78 is 0. The molecule has 5 nitrogen and oxygen atoms in total. The predicted molar refractivity (Wildman–Crippen MR) is 82.8 cm³/mol. The van der Waals surface area contributed by atoms with E-state index in [0.717, 1.165) is 37.1 Å². The highest BCUT2D eigenvalue weighted by Crippen LogP contribution is 2.26. The molecule has 0 fully saturated rings. The monoisotopic (exact) mass is 299 g/mol. The van der Waals surface area contributed by atoms with Gasteiger partial charge >= 0.3 is 0 Å². The Morgan fingerprint density at radius 1 is 1.05 bits per heavy atom. The second kappa shape index (κ2) is 5.00. The van der Waals surface area contributed by atoms with Gasteiger partial charge in [0.25, 0.3) is 0 Å². The lowest BCUT2D eigenvalue weighted by atomic mass is 10.0. The van der Waals surface area contributed by atoms with Crippen molar-refractivity contribution in [2.75, 3.05) is 18.0 Å². The third kappa shape index (κ3) is 2.23. The summed E-state index contributed by atoms with van der Waals surface area (Å²) in [6.07, 6.45) is 3.79. The highest BCUT2D eigenvalue weighted by molar-refractivity contribution is 6.28. The average molecular weight is 300 g/mol. The van der Waals surface area contributed by atoms with Crippen molar-refractivity contribution in [3.8, 4) is 0 Å². The Bertz CT molecular complexity index is 771. The molecule has 0 aliphatic carbocycles. The van der Waals surface area contributed by atoms with Gasteiger partial charge in [0.2, 0.25) is 5.28 Å². The molecule has 0 atom stereocenters. The minimum absolute atomic E-state index is 0.253. The molecule has 0 saturated carbocycles. The van der Waals surface area contributed by atoms with Crippen LogP contribution in [-0.2, 0) is 12.8 Å². The van der Waals surface area contributed by atoms with Crippen LogP contribution in [0, 0.1) is 0 Å². The molecular weight excluding hydrogens is 286 g/mol. The van der Waals surface area contributed by atoms with Gasteiger partial charge in [0.1, 0.15) is 5.82 Å². The van der Waals surface area contributed by atoms with Gasteiger partial charge in [0, 0.05) is 13.1 Å². The van der Waals surface area contributed by atoms with Crippen LogP contribution in [0.1, 0.15) is 11.1 Å². The molecule has 1 aliphatic heterocycles. The van der Waals surface area contributed by atoms with Crippen LogP contribution in [0.15, 0.2) is 30.5 Å². The molecule has 0 amide bonds. The summed E-state index contributed by atoms with van der Waals surface area (Å²) in [5, 5.41) is 8.08. The summed E-state index contributed by atoms with van der Waals surface area (Å²) in [7, 11) is 0. The van der Waals surface area contributed by atoms with E-state index in [4.69, 9.17) is 11.6 Å². The van der Waals surface area contributed by atoms with Crippen LogP contribution in [0.5, 0.6) is 0 Å². The average Bonchev–Trinajstić information content (AvgIpc) is 2.85. The highest BCUT2D eigenvalue weighted by Gasteiger charge is 2.18. The van der Waals surface area contributed by atoms with Gasteiger partial charge in [-0.15, -0.1) is 0 Å². The van der Waals surface area contributed by atoms with E-state index in [0.29, 0.717) is 5.65 Å². The molecule has 0 unspecified atom stereocenters. The molecule has 0 saturated heterocycles. The molecule has 21 heavy (non-hydrogen) atoms. The number of benzene rings is 1. The topological polar surface area (TPSA) is 57.7 Å². The van der Waals surface area contributed by atoms with E-state index in [1.54, 1.807) is 6.20 Å². The van der Waals surface area contributed by atoms with Crippen LogP contribution >= 0.6 is 11.6 Å². The zero-order chi connectivity index (χ0) is 14.2. The summed E-state index contributed by atoms with van der Waals surface area (Å²) in [6.45, 7) is 1.84. The smallest absolute Gasteiger partial charge is 0.226 e. The summed E-state index contributed by atoms with van der Waals surface area (Å²) >= 11 is 6.03. The van der Waals surface area contributed by atoms with Crippen molar-refractivity contribution in [3.05, 3.63) is 46.9 Å². The predicted octanol–water partition coefficient (Wildman–Crippen LogP) is 2.61. The van der Waals surface area contributed by atoms with Gasteiger partial charge in [-0.2, -0.15) is 15.1 Å². The van der Waals surface area contributed by atoms with Crippen molar-refractivity contribution < 1.29 is 0 Å². The minimum atomic E-state index is 0.253. The molecule has 6 heteroatoms. The second-order valence-corrected chi connectivity index (χ2v) is 5.54. The molecule has 1 N–H and O–H groups in total. The Balaban J connectivity index is 1.72. The Morgan fingerprint density at radius 2 is 1.76 bits per heavy atom. The van der Waals surface area contributed by atoms with E-state index in [1.165, 1.54) is 11.1 Å². The molecular formula is C15H14ClN5. The molecule has 2 aromatic heterocycles. The maximum absolute atomic E-state index is 6.03. The van der Waals surface area contributed by atoms with Crippen molar-refractivity contribution in [2.45, 2.75) is 12.8 Å². The van der Waals surface area contributed by atoms with E-state index < -0.39 is 0 Å². The van der Waals surface area contributed by atoms with E-state index >= 15 is 0 Å². The highest BCUT2D eigenvalue weighted by atomic mass is 35.5. The van der Waals surface area contributed by atoms with Crippen molar-refractivity contribution in [2.24, 2.45) is 0 Å². The molecule has 4 rings (SSSR count).